The van der Waals surface area contributed by atoms with Crippen molar-refractivity contribution in [2.75, 3.05) is 6.54 Å². The van der Waals surface area contributed by atoms with Crippen molar-refractivity contribution >= 4 is 24.6 Å². The average molecular weight is 248 g/mol. The Kier molecular flexibility index (Phi) is 6.20. The largest absolute Gasteiger partial charge is 0.480 e. The summed E-state index contributed by atoms with van der Waals surface area (Å²) in [7, 11) is 0. The summed E-state index contributed by atoms with van der Waals surface area (Å²) >= 11 is 4.12. The van der Waals surface area contributed by atoms with Gasteiger partial charge < -0.3 is 16.2 Å². The molecule has 94 valence electrons. The van der Waals surface area contributed by atoms with E-state index >= 15 is 0 Å². The maximum absolute atomic E-state index is 11.1. The molecule has 0 heterocycles. The zero-order chi connectivity index (χ0) is 12.8. The lowest BCUT2D eigenvalue weighted by Crippen LogP contribution is -2.52. The van der Waals surface area contributed by atoms with Crippen molar-refractivity contribution in [3.63, 3.8) is 0 Å². The van der Waals surface area contributed by atoms with Crippen LogP contribution in [0.2, 0.25) is 0 Å². The van der Waals surface area contributed by atoms with Gasteiger partial charge in [-0.3, -0.25) is 15.5 Å². The van der Waals surface area contributed by atoms with E-state index in [2.05, 4.69) is 23.3 Å². The molecule has 0 bridgehead atoms. The Bertz CT molecular complexity index is 260. The van der Waals surface area contributed by atoms with Crippen molar-refractivity contribution in [1.29, 1.82) is 5.41 Å². The van der Waals surface area contributed by atoms with Crippen LogP contribution in [0, 0.1) is 5.41 Å². The minimum atomic E-state index is -1.00. The highest BCUT2D eigenvalue weighted by Gasteiger charge is 2.32. The Morgan fingerprint density at radius 1 is 1.69 bits per heavy atom. The molecule has 0 aromatic heterocycles. The van der Waals surface area contributed by atoms with E-state index in [0.29, 0.717) is 19.4 Å². The second-order valence-electron chi connectivity index (χ2n) is 3.90. The molecule has 6 N–H and O–H groups in total. The zero-order valence-corrected chi connectivity index (χ0v) is 10.5. The molecular weight excluding hydrogens is 228 g/mol. The van der Waals surface area contributed by atoms with Crippen molar-refractivity contribution in [2.45, 2.75) is 37.6 Å². The van der Waals surface area contributed by atoms with Crippen LogP contribution in [0.4, 0.5) is 0 Å². The van der Waals surface area contributed by atoms with E-state index in [-0.39, 0.29) is 11.3 Å². The van der Waals surface area contributed by atoms with Crippen LogP contribution in [0.5, 0.6) is 0 Å². The number of nitrogens with one attached hydrogen (secondary N) is 3. The SMILES string of the molecule is CC(S)N[C@@](C)(CCCNC(=N)N)C(=O)O. The van der Waals surface area contributed by atoms with Crippen LogP contribution < -0.4 is 16.4 Å². The van der Waals surface area contributed by atoms with E-state index in [0.717, 1.165) is 0 Å². The highest BCUT2D eigenvalue weighted by Crippen LogP contribution is 2.14. The average Bonchev–Trinajstić information content (AvgIpc) is 2.10. The standard InChI is InChI=1S/C9H20N4O2S/c1-6(16)13-9(2,7(14)15)4-3-5-12-8(10)11/h6,13,16H,3-5H2,1-2H3,(H,14,15)(H4,10,11,12)/t6?,9-/m0/s1. The molecule has 0 aromatic carbocycles. The van der Waals surface area contributed by atoms with Crippen molar-refractivity contribution in [2.24, 2.45) is 5.73 Å². The molecular formula is C9H20N4O2S. The molecule has 7 heteroatoms. The number of carboxylic acid groups (broad SMARTS) is 1. The minimum absolute atomic E-state index is 0.104. The molecule has 0 rings (SSSR count). The summed E-state index contributed by atoms with van der Waals surface area (Å²) in [6, 6.07) is 0. The summed E-state index contributed by atoms with van der Waals surface area (Å²) in [4.78, 5) is 11.1. The van der Waals surface area contributed by atoms with Crippen LogP contribution in [0.15, 0.2) is 0 Å². The van der Waals surface area contributed by atoms with Crippen LogP contribution in [0.25, 0.3) is 0 Å². The highest BCUT2D eigenvalue weighted by molar-refractivity contribution is 7.80. The summed E-state index contributed by atoms with van der Waals surface area (Å²) in [6.45, 7) is 3.88. The molecule has 6 nitrogen and oxygen atoms in total. The van der Waals surface area contributed by atoms with Crippen LogP contribution in [-0.2, 0) is 4.79 Å². The lowest BCUT2D eigenvalue weighted by atomic mass is 9.96. The Morgan fingerprint density at radius 3 is 2.62 bits per heavy atom. The summed E-state index contributed by atoms with van der Waals surface area (Å²) in [5, 5.41) is 21.4. The van der Waals surface area contributed by atoms with Crippen molar-refractivity contribution in [1.82, 2.24) is 10.6 Å². The first-order valence-electron chi connectivity index (χ1n) is 5.05. The quantitative estimate of drug-likeness (QED) is 0.124. The van der Waals surface area contributed by atoms with Gasteiger partial charge in [-0.2, -0.15) is 12.6 Å². The van der Waals surface area contributed by atoms with Gasteiger partial charge in [0.2, 0.25) is 0 Å². The van der Waals surface area contributed by atoms with Crippen molar-refractivity contribution in [3.8, 4) is 0 Å². The highest BCUT2D eigenvalue weighted by atomic mass is 32.1. The lowest BCUT2D eigenvalue weighted by molar-refractivity contribution is -0.144. The normalized spacial score (nSPS) is 16.2. The predicted octanol–water partition coefficient (Wildman–Crippen LogP) is -0.0416. The first-order valence-corrected chi connectivity index (χ1v) is 5.56. The topological polar surface area (TPSA) is 111 Å². The minimum Gasteiger partial charge on any atom is -0.480 e. The number of thiol groups is 1. The van der Waals surface area contributed by atoms with Crippen LogP contribution in [0.1, 0.15) is 26.7 Å². The number of carbonyl (C=O) groups is 1. The van der Waals surface area contributed by atoms with Gasteiger partial charge in [-0.1, -0.05) is 0 Å². The second kappa shape index (κ2) is 6.59. The predicted molar refractivity (Wildman–Crippen MR) is 66.8 cm³/mol. The number of hydrogen-bond acceptors (Lipinski definition) is 4. The Hall–Kier alpha value is -0.950. The monoisotopic (exact) mass is 248 g/mol. The molecule has 0 saturated carbocycles. The van der Waals surface area contributed by atoms with E-state index in [1.807, 2.05) is 0 Å². The van der Waals surface area contributed by atoms with Gasteiger partial charge in [-0.05, 0) is 26.7 Å². The van der Waals surface area contributed by atoms with Crippen LogP contribution in [-0.4, -0.2) is 34.5 Å². The molecule has 0 aliphatic rings. The van der Waals surface area contributed by atoms with Crippen molar-refractivity contribution in [3.05, 3.63) is 0 Å². The molecule has 0 saturated heterocycles. The summed E-state index contributed by atoms with van der Waals surface area (Å²) in [6.07, 6.45) is 1.05. The molecule has 0 aliphatic heterocycles. The van der Waals surface area contributed by atoms with Crippen LogP contribution in [0.3, 0.4) is 0 Å². The van der Waals surface area contributed by atoms with Gasteiger partial charge in [0, 0.05) is 11.9 Å². The molecule has 0 aliphatic carbocycles. The zero-order valence-electron chi connectivity index (χ0n) is 9.58. The van der Waals surface area contributed by atoms with Gasteiger partial charge in [0.05, 0.1) is 0 Å². The van der Waals surface area contributed by atoms with Gasteiger partial charge in [-0.25, -0.2) is 0 Å². The third kappa shape index (κ3) is 5.82. The number of rotatable bonds is 7. The molecule has 16 heavy (non-hydrogen) atoms. The number of aliphatic carboxylic acids is 1. The Labute approximate surface area is 101 Å². The molecule has 0 radical (unpaired) electrons. The van der Waals surface area contributed by atoms with Gasteiger partial charge in [0.15, 0.2) is 5.96 Å². The molecule has 0 spiro atoms. The summed E-state index contributed by atoms with van der Waals surface area (Å²) in [5.41, 5.74) is 4.11. The maximum atomic E-state index is 11.1. The van der Waals surface area contributed by atoms with Crippen LogP contribution >= 0.6 is 12.6 Å². The second-order valence-corrected chi connectivity index (χ2v) is 4.68. The smallest absolute Gasteiger partial charge is 0.323 e. The van der Waals surface area contributed by atoms with Gasteiger partial charge in [0.25, 0.3) is 0 Å². The van der Waals surface area contributed by atoms with Gasteiger partial charge in [0.1, 0.15) is 5.54 Å². The first-order chi connectivity index (χ1) is 7.28. The Morgan fingerprint density at radius 2 is 2.25 bits per heavy atom. The molecule has 0 fully saturated rings. The number of guanidine groups is 1. The third-order valence-electron chi connectivity index (χ3n) is 2.17. The van der Waals surface area contributed by atoms with E-state index in [4.69, 9.17) is 16.2 Å². The lowest BCUT2D eigenvalue weighted by Gasteiger charge is -2.28. The number of carboxylic acids is 1. The number of hydrogen-bond donors (Lipinski definition) is 6. The first kappa shape index (κ1) is 15.0. The molecule has 2 atom stereocenters. The van der Waals surface area contributed by atoms with E-state index in [1.165, 1.54) is 0 Å². The fraction of sp³-hybridized carbons (Fsp3) is 0.778. The summed E-state index contributed by atoms with van der Waals surface area (Å²) in [5.74, 6) is -1.01. The van der Waals surface area contributed by atoms with Gasteiger partial charge >= 0.3 is 5.97 Å². The fourth-order valence-electron chi connectivity index (χ4n) is 1.37. The Balaban J connectivity index is 4.13. The molecule has 0 amide bonds. The van der Waals surface area contributed by atoms with Gasteiger partial charge in [-0.15, -0.1) is 0 Å². The summed E-state index contributed by atoms with van der Waals surface area (Å²) < 4.78 is 0. The fourth-order valence-corrected chi connectivity index (χ4v) is 1.65. The van der Waals surface area contributed by atoms with E-state index < -0.39 is 11.5 Å². The van der Waals surface area contributed by atoms with Crippen molar-refractivity contribution < 1.29 is 9.90 Å². The molecule has 1 unspecified atom stereocenters. The van der Waals surface area contributed by atoms with E-state index in [1.54, 1.807) is 13.8 Å². The molecule has 0 aromatic rings. The number of nitrogens with two attached hydrogens (primary N) is 1. The van der Waals surface area contributed by atoms with E-state index in [9.17, 15) is 4.79 Å². The third-order valence-corrected chi connectivity index (χ3v) is 2.30. The maximum Gasteiger partial charge on any atom is 0.323 e.